The van der Waals surface area contributed by atoms with Gasteiger partial charge in [0.25, 0.3) is 0 Å². The number of aromatic nitrogens is 1. The second kappa shape index (κ2) is 6.48. The van der Waals surface area contributed by atoms with Crippen molar-refractivity contribution < 1.29 is 9.47 Å². The van der Waals surface area contributed by atoms with Crippen molar-refractivity contribution in [3.05, 3.63) is 65.9 Å². The second-order valence-corrected chi connectivity index (χ2v) is 5.30. The zero-order chi connectivity index (χ0) is 15.4. The van der Waals surface area contributed by atoms with Gasteiger partial charge in [-0.05, 0) is 43.2 Å². The van der Waals surface area contributed by atoms with Crippen LogP contribution in [-0.4, -0.2) is 18.2 Å². The standard InChI is InChI=1S/C19H19NO2/c1-14-8-9-15(2)18(13-14)22-12-11-21-17-7-3-5-16-6-4-10-20-19(16)17/h3-10,13H,11-12H2,1-2H3. The summed E-state index contributed by atoms with van der Waals surface area (Å²) < 4.78 is 11.6. The lowest BCUT2D eigenvalue weighted by atomic mass is 10.1. The highest BCUT2D eigenvalue weighted by atomic mass is 16.5. The van der Waals surface area contributed by atoms with Gasteiger partial charge < -0.3 is 9.47 Å². The fraction of sp³-hybridized carbons (Fsp3) is 0.211. The minimum absolute atomic E-state index is 0.489. The Hall–Kier alpha value is -2.55. The summed E-state index contributed by atoms with van der Waals surface area (Å²) in [6, 6.07) is 16.1. The number of fused-ring (bicyclic) bond motifs is 1. The van der Waals surface area contributed by atoms with Crippen LogP contribution in [0.1, 0.15) is 11.1 Å². The fourth-order valence-corrected chi connectivity index (χ4v) is 2.36. The molecule has 0 saturated carbocycles. The lowest BCUT2D eigenvalue weighted by molar-refractivity contribution is 0.217. The van der Waals surface area contributed by atoms with E-state index in [1.54, 1.807) is 6.20 Å². The van der Waals surface area contributed by atoms with Gasteiger partial charge in [0.15, 0.2) is 0 Å². The third kappa shape index (κ3) is 3.19. The lowest BCUT2D eigenvalue weighted by Crippen LogP contribution is -2.10. The minimum Gasteiger partial charge on any atom is -0.490 e. The number of ether oxygens (including phenoxy) is 2. The Labute approximate surface area is 130 Å². The third-order valence-electron chi connectivity index (χ3n) is 3.54. The number of para-hydroxylation sites is 1. The number of nitrogens with zero attached hydrogens (tertiary/aromatic N) is 1. The van der Waals surface area contributed by atoms with Gasteiger partial charge in [-0.2, -0.15) is 0 Å². The minimum atomic E-state index is 0.489. The maximum atomic E-state index is 5.82. The van der Waals surface area contributed by atoms with Crippen LogP contribution >= 0.6 is 0 Å². The van der Waals surface area contributed by atoms with Gasteiger partial charge in [-0.3, -0.25) is 4.98 Å². The summed E-state index contributed by atoms with van der Waals surface area (Å²) in [5.74, 6) is 1.71. The molecule has 0 amide bonds. The van der Waals surface area contributed by atoms with Crippen LogP contribution in [-0.2, 0) is 0 Å². The first kappa shape index (κ1) is 14.4. The predicted octanol–water partition coefficient (Wildman–Crippen LogP) is 4.31. The number of aryl methyl sites for hydroxylation is 2. The highest BCUT2D eigenvalue weighted by molar-refractivity contribution is 5.84. The molecule has 1 heterocycles. The molecule has 0 saturated heterocycles. The van der Waals surface area contributed by atoms with E-state index in [0.717, 1.165) is 28.0 Å². The average Bonchev–Trinajstić information content (AvgIpc) is 2.54. The van der Waals surface area contributed by atoms with E-state index in [9.17, 15) is 0 Å². The molecule has 3 nitrogen and oxygen atoms in total. The van der Waals surface area contributed by atoms with Crippen molar-refractivity contribution in [2.24, 2.45) is 0 Å². The SMILES string of the molecule is Cc1ccc(C)c(OCCOc2cccc3cccnc23)c1. The van der Waals surface area contributed by atoms with Crippen molar-refractivity contribution in [3.63, 3.8) is 0 Å². The Morgan fingerprint density at radius 3 is 2.50 bits per heavy atom. The molecular formula is C19H19NO2. The summed E-state index contributed by atoms with van der Waals surface area (Å²) in [6.07, 6.45) is 1.78. The molecule has 1 aromatic heterocycles. The van der Waals surface area contributed by atoms with Crippen LogP contribution in [0.2, 0.25) is 0 Å². The van der Waals surface area contributed by atoms with Crippen LogP contribution < -0.4 is 9.47 Å². The molecule has 2 aromatic carbocycles. The number of rotatable bonds is 5. The number of pyridine rings is 1. The van der Waals surface area contributed by atoms with Crippen molar-refractivity contribution in [2.75, 3.05) is 13.2 Å². The summed E-state index contributed by atoms with van der Waals surface area (Å²) >= 11 is 0. The summed E-state index contributed by atoms with van der Waals surface area (Å²) in [7, 11) is 0. The molecule has 0 aliphatic carbocycles. The number of hydrogen-bond donors (Lipinski definition) is 0. The third-order valence-corrected chi connectivity index (χ3v) is 3.54. The van der Waals surface area contributed by atoms with Crippen molar-refractivity contribution in [1.29, 1.82) is 0 Å². The Bertz CT molecular complexity index is 778. The maximum absolute atomic E-state index is 5.82. The van der Waals surface area contributed by atoms with E-state index in [2.05, 4.69) is 30.1 Å². The van der Waals surface area contributed by atoms with Crippen LogP contribution in [0.3, 0.4) is 0 Å². The second-order valence-electron chi connectivity index (χ2n) is 5.30. The molecule has 0 fully saturated rings. The molecule has 3 rings (SSSR count). The molecule has 22 heavy (non-hydrogen) atoms. The molecule has 112 valence electrons. The van der Waals surface area contributed by atoms with Crippen molar-refractivity contribution in [1.82, 2.24) is 4.98 Å². The smallest absolute Gasteiger partial charge is 0.145 e. The van der Waals surface area contributed by atoms with E-state index in [-0.39, 0.29) is 0 Å². The van der Waals surface area contributed by atoms with E-state index in [4.69, 9.17) is 9.47 Å². The zero-order valence-corrected chi connectivity index (χ0v) is 12.9. The van der Waals surface area contributed by atoms with E-state index in [1.807, 2.05) is 37.3 Å². The van der Waals surface area contributed by atoms with Gasteiger partial charge in [0.05, 0.1) is 0 Å². The first-order valence-electron chi connectivity index (χ1n) is 7.40. The molecule has 0 spiro atoms. The van der Waals surface area contributed by atoms with E-state index >= 15 is 0 Å². The average molecular weight is 293 g/mol. The van der Waals surface area contributed by atoms with Gasteiger partial charge in [0.1, 0.15) is 30.2 Å². The maximum Gasteiger partial charge on any atom is 0.145 e. The highest BCUT2D eigenvalue weighted by Crippen LogP contribution is 2.23. The fourth-order valence-electron chi connectivity index (χ4n) is 2.36. The van der Waals surface area contributed by atoms with Crippen molar-refractivity contribution in [3.8, 4) is 11.5 Å². The normalized spacial score (nSPS) is 10.6. The first-order chi connectivity index (χ1) is 10.7. The Morgan fingerprint density at radius 1 is 0.864 bits per heavy atom. The van der Waals surface area contributed by atoms with Gasteiger partial charge in [-0.25, -0.2) is 0 Å². The van der Waals surface area contributed by atoms with Crippen molar-refractivity contribution >= 4 is 10.9 Å². The zero-order valence-electron chi connectivity index (χ0n) is 12.9. The van der Waals surface area contributed by atoms with E-state index in [0.29, 0.717) is 13.2 Å². The van der Waals surface area contributed by atoms with Crippen LogP contribution in [0.4, 0.5) is 0 Å². The molecule has 3 aromatic rings. The number of benzene rings is 2. The van der Waals surface area contributed by atoms with Gasteiger partial charge in [0, 0.05) is 11.6 Å². The van der Waals surface area contributed by atoms with Crippen LogP contribution in [0.15, 0.2) is 54.7 Å². The van der Waals surface area contributed by atoms with Crippen molar-refractivity contribution in [2.45, 2.75) is 13.8 Å². The summed E-state index contributed by atoms with van der Waals surface area (Å²) in [5.41, 5.74) is 3.22. The first-order valence-corrected chi connectivity index (χ1v) is 7.40. The van der Waals surface area contributed by atoms with Gasteiger partial charge in [-0.15, -0.1) is 0 Å². The molecular weight excluding hydrogens is 274 g/mol. The largest absolute Gasteiger partial charge is 0.490 e. The Balaban J connectivity index is 1.62. The monoisotopic (exact) mass is 293 g/mol. The Morgan fingerprint density at radius 2 is 1.64 bits per heavy atom. The number of hydrogen-bond acceptors (Lipinski definition) is 3. The quantitative estimate of drug-likeness (QED) is 0.657. The molecule has 0 aliphatic heterocycles. The summed E-state index contributed by atoms with van der Waals surface area (Å²) in [4.78, 5) is 4.38. The van der Waals surface area contributed by atoms with Gasteiger partial charge in [0.2, 0.25) is 0 Å². The van der Waals surface area contributed by atoms with Crippen LogP contribution in [0, 0.1) is 13.8 Å². The van der Waals surface area contributed by atoms with E-state index < -0.39 is 0 Å². The van der Waals surface area contributed by atoms with Crippen LogP contribution in [0.5, 0.6) is 11.5 Å². The lowest BCUT2D eigenvalue weighted by Gasteiger charge is -2.12. The molecule has 0 N–H and O–H groups in total. The molecule has 0 aliphatic rings. The summed E-state index contributed by atoms with van der Waals surface area (Å²) in [5, 5.41) is 1.08. The summed E-state index contributed by atoms with van der Waals surface area (Å²) in [6.45, 7) is 5.10. The Kier molecular flexibility index (Phi) is 4.24. The topological polar surface area (TPSA) is 31.4 Å². The van der Waals surface area contributed by atoms with Gasteiger partial charge in [-0.1, -0.05) is 30.3 Å². The molecule has 3 heteroatoms. The molecule has 0 radical (unpaired) electrons. The molecule has 0 unspecified atom stereocenters. The molecule has 0 bridgehead atoms. The highest BCUT2D eigenvalue weighted by Gasteiger charge is 2.03. The van der Waals surface area contributed by atoms with E-state index in [1.165, 1.54) is 5.56 Å². The van der Waals surface area contributed by atoms with Gasteiger partial charge >= 0.3 is 0 Å². The van der Waals surface area contributed by atoms with Crippen LogP contribution in [0.25, 0.3) is 10.9 Å². The predicted molar refractivity (Wildman–Crippen MR) is 88.6 cm³/mol. The molecule has 0 atom stereocenters.